The van der Waals surface area contributed by atoms with Crippen molar-refractivity contribution in [2.75, 3.05) is 78.0 Å². The van der Waals surface area contributed by atoms with Crippen LogP contribution in [0.3, 0.4) is 0 Å². The van der Waals surface area contributed by atoms with Crippen molar-refractivity contribution in [1.82, 2.24) is 19.4 Å². The first-order chi connectivity index (χ1) is 26.1. The second kappa shape index (κ2) is 18.4. The maximum Gasteiger partial charge on any atom is 0.338 e. The summed E-state index contributed by atoms with van der Waals surface area (Å²) in [6.07, 6.45) is 4.81. The molecule has 3 heterocycles. The molecule has 54 heavy (non-hydrogen) atoms. The van der Waals surface area contributed by atoms with E-state index < -0.39 is 16.9 Å². The van der Waals surface area contributed by atoms with Crippen molar-refractivity contribution < 1.29 is 43.0 Å². The number of aryl methyl sites for hydroxylation is 2. The van der Waals surface area contributed by atoms with E-state index in [1.807, 2.05) is 13.8 Å². The predicted octanol–water partition coefficient (Wildman–Crippen LogP) is 4.88. The Bertz CT molecular complexity index is 2040. The lowest BCUT2D eigenvalue weighted by atomic mass is 10.1. The first-order valence-electron chi connectivity index (χ1n) is 17.2. The van der Waals surface area contributed by atoms with Gasteiger partial charge < -0.3 is 33.6 Å². The van der Waals surface area contributed by atoms with E-state index in [2.05, 4.69) is 20.5 Å². The van der Waals surface area contributed by atoms with Crippen molar-refractivity contribution in [2.45, 2.75) is 33.2 Å². The lowest BCUT2D eigenvalue weighted by molar-refractivity contribution is -0.384. The molecule has 4 aromatic rings. The van der Waals surface area contributed by atoms with Gasteiger partial charge in [0.2, 0.25) is 5.95 Å². The Balaban J connectivity index is 1.46. The van der Waals surface area contributed by atoms with Crippen molar-refractivity contribution in [3.63, 3.8) is 0 Å². The van der Waals surface area contributed by atoms with E-state index in [0.29, 0.717) is 60.0 Å². The Morgan fingerprint density at radius 3 is 2.39 bits per heavy atom. The molecule has 1 aliphatic heterocycles. The van der Waals surface area contributed by atoms with Crippen LogP contribution in [-0.2, 0) is 27.2 Å². The number of hydrogen-bond donors (Lipinski definition) is 2. The van der Waals surface area contributed by atoms with Crippen molar-refractivity contribution in [2.24, 2.45) is 0 Å². The number of imidazole rings is 1. The zero-order valence-electron chi connectivity index (χ0n) is 30.8. The zero-order chi connectivity index (χ0) is 38.8. The molecule has 0 unspecified atom stereocenters. The monoisotopic (exact) mass is 765 g/mol. The fraction of sp³-hybridized carbons (Fsp3) is 0.417. The number of nitrogens with one attached hydrogen (secondary N) is 2. The molecule has 1 fully saturated rings. The average molecular weight is 766 g/mol. The van der Waals surface area contributed by atoms with Gasteiger partial charge >= 0.3 is 11.9 Å². The lowest BCUT2D eigenvalue weighted by Gasteiger charge is -2.26. The number of aromatic nitrogens is 3. The standard InChI is InChI=1S/C36H43N7O10S/c1-6-25-32(54-22(2)38-25)33(44)40-36-39-26-18-23(34(45)50-4)21-29(53-15-9-11-41-13-16-52-17-14-41)31(26)42(36)12-8-7-10-37-30-27(43(47)48)19-24(35(46)51-5)20-28(30)49-3/h7-8,18-21,37H,6,9-17H2,1-5H3,(H,39,40,44)/b8-7+. The van der Waals surface area contributed by atoms with Gasteiger partial charge in [-0.3, -0.25) is 25.1 Å². The highest BCUT2D eigenvalue weighted by Gasteiger charge is 2.25. The first-order valence-corrected chi connectivity index (χ1v) is 18.1. The summed E-state index contributed by atoms with van der Waals surface area (Å²) in [7, 11) is 3.81. The number of anilines is 2. The number of allylic oxidation sites excluding steroid dienone is 1. The molecule has 17 nitrogen and oxygen atoms in total. The summed E-state index contributed by atoms with van der Waals surface area (Å²) in [5.74, 6) is -1.02. The van der Waals surface area contributed by atoms with Gasteiger partial charge in [0.1, 0.15) is 21.9 Å². The predicted molar refractivity (Wildman–Crippen MR) is 201 cm³/mol. The van der Waals surface area contributed by atoms with Crippen LogP contribution in [0.5, 0.6) is 11.5 Å². The Morgan fingerprint density at radius 2 is 1.72 bits per heavy atom. The van der Waals surface area contributed by atoms with Crippen molar-refractivity contribution in [3.8, 4) is 11.5 Å². The van der Waals surface area contributed by atoms with Gasteiger partial charge in [0, 0.05) is 38.8 Å². The fourth-order valence-electron chi connectivity index (χ4n) is 5.93. The summed E-state index contributed by atoms with van der Waals surface area (Å²) in [6, 6.07) is 5.66. The Labute approximate surface area is 315 Å². The maximum atomic E-state index is 13.6. The number of methoxy groups -OCH3 is 3. The molecule has 2 aromatic carbocycles. The van der Waals surface area contributed by atoms with E-state index in [-0.39, 0.29) is 53.2 Å². The minimum Gasteiger partial charge on any atom is -0.494 e. The number of hydrogen-bond acceptors (Lipinski definition) is 15. The molecule has 0 saturated carbocycles. The summed E-state index contributed by atoms with van der Waals surface area (Å²) >= 11 is 1.28. The summed E-state index contributed by atoms with van der Waals surface area (Å²) in [4.78, 5) is 61.8. The average Bonchev–Trinajstić information content (AvgIpc) is 3.74. The third-order valence-corrected chi connectivity index (χ3v) is 9.56. The van der Waals surface area contributed by atoms with Gasteiger partial charge in [-0.05, 0) is 38.0 Å². The summed E-state index contributed by atoms with van der Waals surface area (Å²) in [5.41, 5.74) is 1.52. The number of ether oxygens (including phenoxy) is 5. The zero-order valence-corrected chi connectivity index (χ0v) is 31.6. The molecule has 0 aliphatic carbocycles. The number of fused-ring (bicyclic) bond motifs is 1. The van der Waals surface area contributed by atoms with Crippen LogP contribution in [0.15, 0.2) is 36.4 Å². The molecule has 18 heteroatoms. The van der Waals surface area contributed by atoms with E-state index >= 15 is 0 Å². The number of thiazole rings is 1. The summed E-state index contributed by atoms with van der Waals surface area (Å²) < 4.78 is 28.6. The second-order valence-electron chi connectivity index (χ2n) is 12.0. The van der Waals surface area contributed by atoms with E-state index in [9.17, 15) is 24.5 Å². The smallest absolute Gasteiger partial charge is 0.338 e. The molecular weight excluding hydrogens is 723 g/mol. The number of rotatable bonds is 17. The van der Waals surface area contributed by atoms with Gasteiger partial charge in [0.05, 0.1) is 73.4 Å². The quantitative estimate of drug-likeness (QED) is 0.0485. The van der Waals surface area contributed by atoms with Gasteiger partial charge in [0.25, 0.3) is 11.6 Å². The third kappa shape index (κ3) is 9.31. The number of nitrogens with zero attached hydrogens (tertiary/aromatic N) is 5. The molecule has 0 bridgehead atoms. The Hall–Kier alpha value is -5.59. The fourth-order valence-corrected chi connectivity index (χ4v) is 6.84. The normalized spacial score (nSPS) is 13.2. The largest absolute Gasteiger partial charge is 0.494 e. The highest BCUT2D eigenvalue weighted by atomic mass is 32.1. The van der Waals surface area contributed by atoms with E-state index in [1.54, 1.807) is 28.9 Å². The summed E-state index contributed by atoms with van der Waals surface area (Å²) in [6.45, 7) is 8.28. The highest BCUT2D eigenvalue weighted by molar-refractivity contribution is 7.13. The van der Waals surface area contributed by atoms with Gasteiger partial charge in [-0.2, -0.15) is 0 Å². The van der Waals surface area contributed by atoms with Crippen LogP contribution in [0.4, 0.5) is 17.3 Å². The molecule has 1 amide bonds. The molecule has 288 valence electrons. The van der Waals surface area contributed by atoms with Gasteiger partial charge in [-0.15, -0.1) is 11.3 Å². The molecule has 2 aromatic heterocycles. The van der Waals surface area contributed by atoms with Crippen LogP contribution < -0.4 is 20.1 Å². The number of carbonyl (C=O) groups excluding carboxylic acids is 3. The summed E-state index contributed by atoms with van der Waals surface area (Å²) in [5, 5.41) is 18.6. The number of benzene rings is 2. The number of amides is 1. The SMILES string of the molecule is CCc1nc(C)sc1C(=O)Nc1nc2cc(C(=O)OC)cc(OCCCN3CCOCC3)c2n1C/C=C/CNc1c(OC)cc(C(=O)OC)cc1[N+](=O)[O-]. The minimum atomic E-state index is -0.742. The molecule has 1 saturated heterocycles. The topological polar surface area (TPSA) is 199 Å². The number of carbonyl (C=O) groups is 3. The van der Waals surface area contributed by atoms with Crippen LogP contribution in [0.1, 0.15) is 54.4 Å². The maximum absolute atomic E-state index is 13.6. The van der Waals surface area contributed by atoms with Crippen molar-refractivity contribution >= 4 is 57.5 Å². The molecule has 1 aliphatic rings. The number of morpholine rings is 1. The van der Waals surface area contributed by atoms with Crippen LogP contribution in [0, 0.1) is 17.0 Å². The van der Waals surface area contributed by atoms with Crippen LogP contribution in [-0.4, -0.2) is 110 Å². The lowest BCUT2D eigenvalue weighted by Crippen LogP contribution is -2.37. The Kier molecular flexibility index (Phi) is 13.5. The number of nitro benzene ring substituents is 1. The van der Waals surface area contributed by atoms with E-state index in [0.717, 1.165) is 30.7 Å². The Morgan fingerprint density at radius 1 is 1.02 bits per heavy atom. The minimum absolute atomic E-state index is 0.0299. The third-order valence-electron chi connectivity index (χ3n) is 8.55. The molecule has 2 N–H and O–H groups in total. The second-order valence-corrected chi connectivity index (χ2v) is 13.2. The van der Waals surface area contributed by atoms with Crippen LogP contribution in [0.2, 0.25) is 0 Å². The van der Waals surface area contributed by atoms with Gasteiger partial charge in [-0.1, -0.05) is 19.1 Å². The molecule has 0 radical (unpaired) electrons. The number of esters is 2. The first kappa shape index (κ1) is 39.6. The van der Waals surface area contributed by atoms with E-state index in [4.69, 9.17) is 28.7 Å². The highest BCUT2D eigenvalue weighted by Crippen LogP contribution is 2.36. The van der Waals surface area contributed by atoms with Gasteiger partial charge in [-0.25, -0.2) is 19.6 Å². The van der Waals surface area contributed by atoms with Crippen molar-refractivity contribution in [1.29, 1.82) is 0 Å². The van der Waals surface area contributed by atoms with Gasteiger partial charge in [0.15, 0.2) is 5.69 Å². The van der Waals surface area contributed by atoms with E-state index in [1.165, 1.54) is 38.7 Å². The molecule has 0 atom stereocenters. The van der Waals surface area contributed by atoms with Crippen LogP contribution in [0.25, 0.3) is 11.0 Å². The molecular formula is C36H43N7O10S. The van der Waals surface area contributed by atoms with Crippen LogP contribution >= 0.6 is 11.3 Å². The molecule has 0 spiro atoms. The van der Waals surface area contributed by atoms with Crippen molar-refractivity contribution in [3.05, 3.63) is 73.2 Å². The number of nitro groups is 1. The molecule has 5 rings (SSSR count).